The molecule has 0 N–H and O–H groups in total. The number of fused-ring (bicyclic) bond motifs is 3. The van der Waals surface area contributed by atoms with Gasteiger partial charge in [-0.1, -0.05) is 46.4 Å². The van der Waals surface area contributed by atoms with E-state index in [2.05, 4.69) is 0 Å². The third-order valence-electron chi connectivity index (χ3n) is 3.37. The third-order valence-corrected chi connectivity index (χ3v) is 4.40. The zero-order valence-corrected chi connectivity index (χ0v) is 13.7. The summed E-state index contributed by atoms with van der Waals surface area (Å²) in [4.78, 5) is 0. The van der Waals surface area contributed by atoms with Crippen molar-refractivity contribution in [3.63, 3.8) is 0 Å². The summed E-state index contributed by atoms with van der Waals surface area (Å²) < 4.78 is 0. The Hall–Kier alpha value is -1.68. The summed E-state index contributed by atoms with van der Waals surface area (Å²) in [5, 5.41) is 20.1. The van der Waals surface area contributed by atoms with Crippen LogP contribution in [0.4, 0.5) is 0 Å². The molecule has 2 aromatic rings. The van der Waals surface area contributed by atoms with E-state index in [0.29, 0.717) is 47.9 Å². The van der Waals surface area contributed by atoms with Gasteiger partial charge in [-0.15, -0.1) is 0 Å². The Labute approximate surface area is 146 Å². The number of allylic oxidation sites excluding steroid dienone is 1. The molecule has 0 saturated heterocycles. The van der Waals surface area contributed by atoms with Crippen LogP contribution in [0.5, 0.6) is 0 Å². The van der Waals surface area contributed by atoms with Crippen molar-refractivity contribution in [2.75, 3.05) is 0 Å². The average Bonchev–Trinajstić information content (AvgIpc) is 2.75. The van der Waals surface area contributed by atoms with Gasteiger partial charge in [0.15, 0.2) is 0 Å². The fourth-order valence-electron chi connectivity index (χ4n) is 2.60. The van der Waals surface area contributed by atoms with Crippen LogP contribution in [0.1, 0.15) is 11.1 Å². The Morgan fingerprint density at radius 3 is 1.50 bits per heavy atom. The van der Waals surface area contributed by atoms with Crippen LogP contribution in [-0.2, 0) is 0 Å². The van der Waals surface area contributed by atoms with E-state index in [9.17, 15) is 10.5 Å². The van der Waals surface area contributed by atoms with E-state index < -0.39 is 0 Å². The highest BCUT2D eigenvalue weighted by atomic mass is 35.5. The van der Waals surface area contributed by atoms with Crippen molar-refractivity contribution >= 4 is 52.0 Å². The Morgan fingerprint density at radius 2 is 1.14 bits per heavy atom. The molecule has 0 radical (unpaired) electrons. The van der Waals surface area contributed by atoms with Gasteiger partial charge in [-0.2, -0.15) is 10.5 Å². The SMILES string of the molecule is N#CC(C#N)=C1c2cc(Cl)cc(Cl)c2-c2c(Cl)cc(Cl)cc21. The molecule has 2 aromatic carbocycles. The summed E-state index contributed by atoms with van der Waals surface area (Å²) in [6, 6.07) is 10.3. The Balaban J connectivity index is 2.57. The van der Waals surface area contributed by atoms with Gasteiger partial charge in [-0.05, 0) is 35.4 Å². The fraction of sp³-hybridized carbons (Fsp3) is 0. The van der Waals surface area contributed by atoms with Crippen LogP contribution in [0.2, 0.25) is 20.1 Å². The number of nitriles is 2. The maximum absolute atomic E-state index is 9.25. The molecule has 1 aliphatic carbocycles. The molecule has 2 nitrogen and oxygen atoms in total. The molecule has 0 saturated carbocycles. The molecule has 0 aliphatic heterocycles. The standard InChI is InChI=1S/C16H4Cl4N2/c17-8-1-10-14(7(5-21)6-22)11-2-9(18)4-13(20)16(11)15(10)12(19)3-8/h1-4H. The molecular weight excluding hydrogens is 362 g/mol. The number of benzene rings is 2. The van der Waals surface area contributed by atoms with Crippen molar-refractivity contribution in [1.29, 1.82) is 10.5 Å². The summed E-state index contributed by atoms with van der Waals surface area (Å²) >= 11 is 24.7. The molecule has 0 unspecified atom stereocenters. The molecule has 1 aliphatic rings. The van der Waals surface area contributed by atoms with Crippen molar-refractivity contribution in [2.24, 2.45) is 0 Å². The topological polar surface area (TPSA) is 47.6 Å². The van der Waals surface area contributed by atoms with Crippen molar-refractivity contribution in [2.45, 2.75) is 0 Å². The summed E-state index contributed by atoms with van der Waals surface area (Å²) in [6.07, 6.45) is 0. The smallest absolute Gasteiger partial charge is 0.138 e. The van der Waals surface area contributed by atoms with Gasteiger partial charge in [-0.25, -0.2) is 0 Å². The lowest BCUT2D eigenvalue weighted by Crippen LogP contribution is -1.88. The summed E-state index contributed by atoms with van der Waals surface area (Å²) in [6.45, 7) is 0. The minimum Gasteiger partial charge on any atom is -0.192 e. The molecule has 0 fully saturated rings. The maximum atomic E-state index is 9.25. The van der Waals surface area contributed by atoms with Gasteiger partial charge in [0.05, 0.1) is 10.0 Å². The highest BCUT2D eigenvalue weighted by Gasteiger charge is 2.31. The summed E-state index contributed by atoms with van der Waals surface area (Å²) in [5.74, 6) is 0. The molecule has 106 valence electrons. The first kappa shape index (κ1) is 15.2. The quantitative estimate of drug-likeness (QED) is 0.450. The van der Waals surface area contributed by atoms with Crippen molar-refractivity contribution in [3.8, 4) is 23.3 Å². The Morgan fingerprint density at radius 1 is 0.727 bits per heavy atom. The maximum Gasteiger partial charge on any atom is 0.138 e. The highest BCUT2D eigenvalue weighted by Crippen LogP contribution is 2.52. The number of hydrogen-bond donors (Lipinski definition) is 0. The van der Waals surface area contributed by atoms with Gasteiger partial charge in [0.2, 0.25) is 0 Å². The van der Waals surface area contributed by atoms with Crippen molar-refractivity contribution in [3.05, 3.63) is 61.1 Å². The van der Waals surface area contributed by atoms with E-state index in [0.717, 1.165) is 0 Å². The normalized spacial score (nSPS) is 11.5. The Bertz CT molecular complexity index is 871. The predicted octanol–water partition coefficient (Wildman–Crippen LogP) is 6.13. The second-order valence-corrected chi connectivity index (χ2v) is 6.28. The minimum atomic E-state index is -0.0448. The van der Waals surface area contributed by atoms with Gasteiger partial charge >= 0.3 is 0 Å². The molecule has 22 heavy (non-hydrogen) atoms. The van der Waals surface area contributed by atoms with Gasteiger partial charge in [0.1, 0.15) is 17.7 Å². The van der Waals surface area contributed by atoms with E-state index in [1.807, 2.05) is 12.1 Å². The summed E-state index contributed by atoms with van der Waals surface area (Å²) in [7, 11) is 0. The van der Waals surface area contributed by atoms with E-state index in [-0.39, 0.29) is 5.57 Å². The summed E-state index contributed by atoms with van der Waals surface area (Å²) in [5.41, 5.74) is 2.92. The number of nitrogens with zero attached hydrogens (tertiary/aromatic N) is 2. The minimum absolute atomic E-state index is 0.0448. The lowest BCUT2D eigenvalue weighted by Gasteiger charge is -2.06. The average molecular weight is 366 g/mol. The molecular formula is C16H4Cl4N2. The molecule has 0 heterocycles. The number of hydrogen-bond acceptors (Lipinski definition) is 2. The van der Waals surface area contributed by atoms with Crippen LogP contribution in [0.15, 0.2) is 29.8 Å². The molecule has 0 aromatic heterocycles. The second kappa shape index (κ2) is 5.51. The van der Waals surface area contributed by atoms with Crippen LogP contribution >= 0.6 is 46.4 Å². The largest absolute Gasteiger partial charge is 0.192 e. The third kappa shape index (κ3) is 2.17. The lowest BCUT2D eigenvalue weighted by molar-refractivity contribution is 1.46. The van der Waals surface area contributed by atoms with Crippen LogP contribution < -0.4 is 0 Å². The lowest BCUT2D eigenvalue weighted by atomic mass is 9.99. The zero-order valence-electron chi connectivity index (χ0n) is 10.7. The molecule has 3 rings (SSSR count). The van der Waals surface area contributed by atoms with Crippen LogP contribution in [0, 0.1) is 22.7 Å². The molecule has 6 heteroatoms. The van der Waals surface area contributed by atoms with Crippen LogP contribution in [0.25, 0.3) is 16.7 Å². The van der Waals surface area contributed by atoms with Gasteiger partial charge in [0.25, 0.3) is 0 Å². The Kier molecular flexibility index (Phi) is 3.81. The van der Waals surface area contributed by atoms with Gasteiger partial charge < -0.3 is 0 Å². The predicted molar refractivity (Wildman–Crippen MR) is 89.2 cm³/mol. The first-order chi connectivity index (χ1) is 10.5. The first-order valence-corrected chi connectivity index (χ1v) is 7.52. The highest BCUT2D eigenvalue weighted by molar-refractivity contribution is 6.41. The van der Waals surface area contributed by atoms with E-state index >= 15 is 0 Å². The second-order valence-electron chi connectivity index (χ2n) is 4.59. The van der Waals surface area contributed by atoms with Crippen LogP contribution in [-0.4, -0.2) is 0 Å². The molecule has 0 atom stereocenters. The molecule has 0 amide bonds. The van der Waals surface area contributed by atoms with E-state index in [1.165, 1.54) is 0 Å². The fourth-order valence-corrected chi connectivity index (χ4v) is 3.78. The molecule has 0 spiro atoms. The van der Waals surface area contributed by atoms with E-state index in [4.69, 9.17) is 46.4 Å². The molecule has 0 bridgehead atoms. The monoisotopic (exact) mass is 364 g/mol. The van der Waals surface area contributed by atoms with E-state index in [1.54, 1.807) is 24.3 Å². The van der Waals surface area contributed by atoms with Gasteiger partial charge in [-0.3, -0.25) is 0 Å². The van der Waals surface area contributed by atoms with Crippen molar-refractivity contribution in [1.82, 2.24) is 0 Å². The van der Waals surface area contributed by atoms with Crippen molar-refractivity contribution < 1.29 is 0 Å². The zero-order chi connectivity index (χ0) is 16.0. The number of halogens is 4. The van der Waals surface area contributed by atoms with Crippen LogP contribution in [0.3, 0.4) is 0 Å². The number of rotatable bonds is 0. The first-order valence-electron chi connectivity index (χ1n) is 6.01. The van der Waals surface area contributed by atoms with Gasteiger partial charge in [0, 0.05) is 26.7 Å².